The van der Waals surface area contributed by atoms with E-state index >= 15 is 0 Å². The van der Waals surface area contributed by atoms with E-state index in [0.29, 0.717) is 17.3 Å². The van der Waals surface area contributed by atoms with Crippen molar-refractivity contribution in [1.82, 2.24) is 19.1 Å². The van der Waals surface area contributed by atoms with Crippen molar-refractivity contribution in [1.29, 1.82) is 0 Å². The van der Waals surface area contributed by atoms with Crippen molar-refractivity contribution in [3.05, 3.63) is 194 Å². The summed E-state index contributed by atoms with van der Waals surface area (Å²) >= 11 is 0. The van der Waals surface area contributed by atoms with Crippen molar-refractivity contribution in [3.8, 4) is 51.1 Å². The summed E-state index contributed by atoms with van der Waals surface area (Å²) in [6.07, 6.45) is 7.28. The molecule has 0 radical (unpaired) electrons. The second kappa shape index (κ2) is 16.0. The van der Waals surface area contributed by atoms with Gasteiger partial charge >= 0.3 is 0 Å². The molecule has 0 aliphatic carbocycles. The van der Waals surface area contributed by atoms with Crippen LogP contribution in [0.5, 0.6) is 11.5 Å². The smallest absolute Gasteiger partial charge is 0.269 e. The van der Waals surface area contributed by atoms with Gasteiger partial charge in [0.1, 0.15) is 5.82 Å². The molecule has 0 unspecified atom stereocenters. The average molecular weight is 987 g/mol. The average Bonchev–Trinajstić information content (AvgIpc) is 3.82. The molecule has 7 heteroatoms. The summed E-state index contributed by atoms with van der Waals surface area (Å²) in [5, 5.41) is 2.18. The molecule has 0 saturated heterocycles. The first kappa shape index (κ1) is 40.8. The first-order valence-corrected chi connectivity index (χ1v) is 20.7. The van der Waals surface area contributed by atoms with Gasteiger partial charge in [0.2, 0.25) is 0 Å². The second-order valence-corrected chi connectivity index (χ2v) is 17.7. The van der Waals surface area contributed by atoms with E-state index in [0.717, 1.165) is 55.5 Å². The fourth-order valence-electron chi connectivity index (χ4n) is 8.07. The zero-order valence-electron chi connectivity index (χ0n) is 35.5. The van der Waals surface area contributed by atoms with Crippen LogP contribution in [0.4, 0.5) is 0 Å². The largest absolute Gasteiger partial charge is 0.522 e. The number of hydrogen-bond acceptors (Lipinski definition) is 3. The van der Waals surface area contributed by atoms with E-state index in [1.54, 1.807) is 6.20 Å². The molecule has 62 heavy (non-hydrogen) atoms. The fourth-order valence-corrected chi connectivity index (χ4v) is 8.07. The summed E-state index contributed by atoms with van der Waals surface area (Å²) in [6.45, 7) is 13.4. The van der Waals surface area contributed by atoms with E-state index in [1.807, 2.05) is 35.0 Å². The number of fused-ring (bicyclic) bond motifs is 4. The summed E-state index contributed by atoms with van der Waals surface area (Å²) in [6, 6.07) is 60.1. The molecule has 4 heterocycles. The number of para-hydroxylation sites is 2. The molecule has 0 atom stereocenters. The minimum Gasteiger partial charge on any atom is -0.522 e. The van der Waals surface area contributed by atoms with E-state index in [9.17, 15) is 0 Å². The first-order valence-electron chi connectivity index (χ1n) is 20.7. The minimum absolute atomic E-state index is 0. The van der Waals surface area contributed by atoms with Gasteiger partial charge in [-0.15, -0.1) is 17.5 Å². The number of pyridine rings is 2. The SMILES string of the molecule is CC(C)(C)c1cc(-c2ccccc2)cc(-[n+]2[c-]n(-c3[c-]c(Oc4[c-]c5c(cc4)c4cc(-c6ccccc6)ccc4n5-c4cc(C(C)(C)C)ccn4)ccn3)c3ccccc32)c1.[Pt]. The molecule has 0 bridgehead atoms. The summed E-state index contributed by atoms with van der Waals surface area (Å²) < 4.78 is 12.9. The molecular weight excluding hydrogens is 942 g/mol. The Labute approximate surface area is 377 Å². The Morgan fingerprint density at radius 2 is 1.21 bits per heavy atom. The number of nitrogens with zero attached hydrogens (tertiary/aromatic N) is 5. The molecule has 0 spiro atoms. The quantitative estimate of drug-likeness (QED) is 0.118. The van der Waals surface area contributed by atoms with E-state index in [-0.39, 0.29) is 31.9 Å². The Hall–Kier alpha value is -6.62. The standard InChI is InChI=1S/C55H45N5O.Pt/c1-54(2,3)41-25-27-57-53(33-41)60-48-24-21-39(37-15-9-7-10-16-37)31-47(48)46-23-22-44(34-51(46)60)61-45-26-28-56-52(35-45)59-36-58(49-19-13-14-20-50(49)59)43-30-40(38-17-11-8-12-18-38)29-42(32-43)55(4,5)6;/h7-33H,1-6H3;/q-2;. The van der Waals surface area contributed by atoms with Gasteiger partial charge in [-0.2, -0.15) is 18.2 Å². The van der Waals surface area contributed by atoms with Gasteiger partial charge in [-0.05, 0) is 85.7 Å². The normalized spacial score (nSPS) is 11.9. The second-order valence-electron chi connectivity index (χ2n) is 17.7. The van der Waals surface area contributed by atoms with E-state index in [4.69, 9.17) is 14.7 Å². The molecule has 6 nitrogen and oxygen atoms in total. The number of aromatic nitrogens is 5. The van der Waals surface area contributed by atoms with Crippen molar-refractivity contribution < 1.29 is 30.4 Å². The van der Waals surface area contributed by atoms with Crippen LogP contribution in [0.25, 0.3) is 72.4 Å². The maximum atomic E-state index is 6.61. The number of ether oxygens (including phenoxy) is 1. The van der Waals surface area contributed by atoms with Crippen molar-refractivity contribution in [2.24, 2.45) is 0 Å². The number of benzene rings is 6. The number of hydrogen-bond donors (Lipinski definition) is 0. The Kier molecular flexibility index (Phi) is 10.5. The third-order valence-corrected chi connectivity index (χ3v) is 11.4. The zero-order valence-corrected chi connectivity index (χ0v) is 37.8. The van der Waals surface area contributed by atoms with Crippen LogP contribution >= 0.6 is 0 Å². The summed E-state index contributed by atoms with van der Waals surface area (Å²) in [5.41, 5.74) is 11.9. The Bertz CT molecular complexity index is 3250. The number of rotatable bonds is 7. The fraction of sp³-hybridized carbons (Fsp3) is 0.145. The van der Waals surface area contributed by atoms with Crippen LogP contribution in [0, 0.1) is 18.5 Å². The van der Waals surface area contributed by atoms with Crippen LogP contribution < -0.4 is 9.30 Å². The van der Waals surface area contributed by atoms with E-state index in [2.05, 4.69) is 197 Å². The molecule has 0 aliphatic heterocycles. The third kappa shape index (κ3) is 7.65. The van der Waals surface area contributed by atoms with Crippen LogP contribution in [0.2, 0.25) is 0 Å². The van der Waals surface area contributed by atoms with Crippen molar-refractivity contribution in [3.63, 3.8) is 0 Å². The summed E-state index contributed by atoms with van der Waals surface area (Å²) in [5.74, 6) is 2.47. The van der Waals surface area contributed by atoms with Crippen LogP contribution in [0.15, 0.2) is 164 Å². The Balaban J connectivity index is 0.00000490. The van der Waals surface area contributed by atoms with Crippen LogP contribution in [0.1, 0.15) is 52.7 Å². The van der Waals surface area contributed by atoms with Gasteiger partial charge in [-0.3, -0.25) is 14.1 Å². The molecule has 0 fully saturated rings. The Morgan fingerprint density at radius 3 is 1.95 bits per heavy atom. The molecule has 4 aromatic heterocycles. The number of imidazole rings is 1. The Morgan fingerprint density at radius 1 is 0.532 bits per heavy atom. The van der Waals surface area contributed by atoms with Crippen LogP contribution in [0.3, 0.4) is 0 Å². The first-order chi connectivity index (χ1) is 29.5. The van der Waals surface area contributed by atoms with Crippen molar-refractivity contribution >= 4 is 32.8 Å². The maximum absolute atomic E-state index is 6.61. The molecular formula is C55H45N5OPt-2. The van der Waals surface area contributed by atoms with E-state index < -0.39 is 0 Å². The topological polar surface area (TPSA) is 48.8 Å². The summed E-state index contributed by atoms with van der Waals surface area (Å²) in [4.78, 5) is 9.68. The predicted molar refractivity (Wildman–Crippen MR) is 246 cm³/mol. The summed E-state index contributed by atoms with van der Waals surface area (Å²) in [7, 11) is 0. The molecule has 0 N–H and O–H groups in total. The predicted octanol–water partition coefficient (Wildman–Crippen LogP) is 12.9. The zero-order chi connectivity index (χ0) is 41.9. The van der Waals surface area contributed by atoms with Gasteiger partial charge in [0.15, 0.2) is 0 Å². The van der Waals surface area contributed by atoms with Crippen LogP contribution in [-0.4, -0.2) is 19.1 Å². The van der Waals surface area contributed by atoms with Gasteiger partial charge in [0.25, 0.3) is 6.33 Å². The third-order valence-electron chi connectivity index (χ3n) is 11.4. The van der Waals surface area contributed by atoms with Gasteiger partial charge in [0.05, 0.1) is 22.5 Å². The minimum atomic E-state index is -0.0635. The van der Waals surface area contributed by atoms with Gasteiger partial charge in [-0.25, -0.2) is 4.98 Å². The van der Waals surface area contributed by atoms with Gasteiger partial charge < -0.3 is 9.30 Å². The molecule has 6 aromatic carbocycles. The van der Waals surface area contributed by atoms with Gasteiger partial charge in [-0.1, -0.05) is 156 Å². The maximum Gasteiger partial charge on any atom is 0.269 e. The molecule has 10 aromatic rings. The molecule has 0 aliphatic rings. The van der Waals surface area contributed by atoms with Crippen molar-refractivity contribution in [2.75, 3.05) is 0 Å². The molecule has 308 valence electrons. The van der Waals surface area contributed by atoms with Gasteiger partial charge in [0, 0.05) is 38.5 Å². The van der Waals surface area contributed by atoms with E-state index in [1.165, 1.54) is 22.3 Å². The van der Waals surface area contributed by atoms with Crippen LogP contribution in [-0.2, 0) is 31.9 Å². The monoisotopic (exact) mass is 986 g/mol. The molecule has 0 saturated carbocycles. The van der Waals surface area contributed by atoms with Crippen molar-refractivity contribution in [2.45, 2.75) is 52.4 Å². The molecule has 0 amide bonds. The molecule has 10 rings (SSSR count).